The number of hydrogen-bond donors (Lipinski definition) is 2. The van der Waals surface area contributed by atoms with Gasteiger partial charge < -0.3 is 15.0 Å². The highest BCUT2D eigenvalue weighted by Crippen LogP contribution is 2.29. The van der Waals surface area contributed by atoms with Crippen LogP contribution in [-0.4, -0.2) is 59.0 Å². The Labute approximate surface area is 126 Å². The van der Waals surface area contributed by atoms with Gasteiger partial charge in [0.2, 0.25) is 10.0 Å². The molecule has 21 heavy (non-hydrogen) atoms. The van der Waals surface area contributed by atoms with E-state index in [0.29, 0.717) is 0 Å². The molecule has 1 atom stereocenters. The van der Waals surface area contributed by atoms with Crippen molar-refractivity contribution in [3.8, 4) is 0 Å². The number of aromatic nitrogens is 1. The first kappa shape index (κ1) is 15.9. The van der Waals surface area contributed by atoms with Crippen molar-refractivity contribution in [1.82, 2.24) is 14.2 Å². The number of carboxylic acid groups (broad SMARTS) is 1. The van der Waals surface area contributed by atoms with Gasteiger partial charge in [-0.3, -0.25) is 9.59 Å². The van der Waals surface area contributed by atoms with Crippen molar-refractivity contribution < 1.29 is 23.1 Å². The number of thioether (sulfide) groups is 1. The Balaban J connectivity index is 2.41. The summed E-state index contributed by atoms with van der Waals surface area (Å²) in [4.78, 5) is 22.7. The fourth-order valence-electron chi connectivity index (χ4n) is 2.02. The molecule has 1 aliphatic heterocycles. The molecule has 0 saturated carbocycles. The molecule has 0 aromatic carbocycles. The van der Waals surface area contributed by atoms with Crippen LogP contribution in [0.3, 0.4) is 0 Å². The van der Waals surface area contributed by atoms with Crippen molar-refractivity contribution in [2.75, 3.05) is 18.7 Å². The van der Waals surface area contributed by atoms with Crippen molar-refractivity contribution in [1.29, 1.82) is 0 Å². The first-order valence-corrected chi connectivity index (χ1v) is 8.59. The van der Waals surface area contributed by atoms with Crippen LogP contribution in [0.25, 0.3) is 0 Å². The van der Waals surface area contributed by atoms with E-state index in [9.17, 15) is 18.0 Å². The maximum atomic E-state index is 12.5. The van der Waals surface area contributed by atoms with Crippen LogP contribution >= 0.6 is 11.8 Å². The van der Waals surface area contributed by atoms with Crippen LogP contribution in [-0.2, 0) is 21.9 Å². The van der Waals surface area contributed by atoms with Crippen LogP contribution in [0.2, 0.25) is 0 Å². The molecule has 0 radical (unpaired) electrons. The molecule has 1 saturated heterocycles. The maximum Gasteiger partial charge on any atom is 0.322 e. The third-order valence-corrected chi connectivity index (χ3v) is 6.17. The number of nitrogens with one attached hydrogen (secondary N) is 1. The van der Waals surface area contributed by atoms with Gasteiger partial charge in [0.1, 0.15) is 16.6 Å². The number of amides is 1. The van der Waals surface area contributed by atoms with E-state index in [2.05, 4.69) is 5.32 Å². The molecule has 116 valence electrons. The quantitative estimate of drug-likeness (QED) is 0.771. The smallest absolute Gasteiger partial charge is 0.322 e. The summed E-state index contributed by atoms with van der Waals surface area (Å²) in [5.74, 6) is -1.29. The lowest BCUT2D eigenvalue weighted by atomic mass is 10.4. The third-order valence-electron chi connectivity index (χ3n) is 3.17. The highest BCUT2D eigenvalue weighted by atomic mass is 32.2. The van der Waals surface area contributed by atoms with Gasteiger partial charge in [0.05, 0.1) is 5.88 Å². The molecule has 0 aliphatic carbocycles. The Morgan fingerprint density at radius 2 is 2.14 bits per heavy atom. The molecule has 2 heterocycles. The van der Waals surface area contributed by atoms with Gasteiger partial charge in [-0.1, -0.05) is 0 Å². The number of hydrogen-bond acceptors (Lipinski definition) is 5. The molecular formula is C11H15N3O5S2. The Morgan fingerprint density at radius 3 is 2.71 bits per heavy atom. The van der Waals surface area contributed by atoms with Crippen molar-refractivity contribution in [2.45, 2.75) is 10.9 Å². The van der Waals surface area contributed by atoms with Gasteiger partial charge in [0.25, 0.3) is 5.91 Å². The van der Waals surface area contributed by atoms with Crippen molar-refractivity contribution in [3.05, 3.63) is 18.0 Å². The van der Waals surface area contributed by atoms with Gasteiger partial charge in [-0.2, -0.15) is 4.31 Å². The summed E-state index contributed by atoms with van der Waals surface area (Å²) >= 11 is 1.24. The van der Waals surface area contributed by atoms with E-state index < -0.39 is 27.9 Å². The van der Waals surface area contributed by atoms with Gasteiger partial charge in [-0.25, -0.2) is 8.42 Å². The molecule has 0 bridgehead atoms. The summed E-state index contributed by atoms with van der Waals surface area (Å²) in [7, 11) is -0.947. The Bertz CT molecular complexity index is 682. The zero-order valence-corrected chi connectivity index (χ0v) is 13.1. The highest BCUT2D eigenvalue weighted by Gasteiger charge is 2.40. The molecule has 8 nitrogen and oxygen atoms in total. The summed E-state index contributed by atoms with van der Waals surface area (Å²) in [6.45, 7) is 0. The van der Waals surface area contributed by atoms with E-state index in [4.69, 9.17) is 5.11 Å². The largest absolute Gasteiger partial charge is 0.480 e. The maximum absolute atomic E-state index is 12.5. The number of rotatable bonds is 4. The molecule has 1 aromatic heterocycles. The van der Waals surface area contributed by atoms with Gasteiger partial charge in [-0.15, -0.1) is 11.8 Å². The van der Waals surface area contributed by atoms with E-state index >= 15 is 0 Å². The molecule has 1 amide bonds. The minimum absolute atomic E-state index is 0.0858. The average molecular weight is 333 g/mol. The molecule has 2 N–H and O–H groups in total. The summed E-state index contributed by atoms with van der Waals surface area (Å²) < 4.78 is 27.4. The number of sulfonamides is 1. The Morgan fingerprint density at radius 1 is 1.48 bits per heavy atom. The second kappa shape index (κ2) is 5.70. The zero-order chi connectivity index (χ0) is 15.8. The lowest BCUT2D eigenvalue weighted by Gasteiger charge is -2.19. The minimum Gasteiger partial charge on any atom is -0.480 e. The number of nitrogens with zero attached hydrogens (tertiary/aromatic N) is 2. The zero-order valence-electron chi connectivity index (χ0n) is 11.4. The van der Waals surface area contributed by atoms with Gasteiger partial charge in [0.15, 0.2) is 0 Å². The number of carboxylic acids is 1. The molecule has 1 fully saturated rings. The summed E-state index contributed by atoms with van der Waals surface area (Å²) in [6.07, 6.45) is 1.31. The standard InChI is InChI=1S/C11H15N3O5S2/c1-12-10(15)8-3-7(4-13(8)2)21(18,19)14-6-20-5-9(14)11(16)17/h3-4,9H,5-6H2,1-2H3,(H,12,15)(H,16,17). The van der Waals surface area contributed by atoms with Crippen molar-refractivity contribution >= 4 is 33.7 Å². The number of carbonyl (C=O) groups excluding carboxylic acids is 1. The first-order chi connectivity index (χ1) is 9.78. The minimum atomic E-state index is -3.95. The summed E-state index contributed by atoms with van der Waals surface area (Å²) in [6, 6.07) is 0.166. The lowest BCUT2D eigenvalue weighted by Crippen LogP contribution is -2.41. The summed E-state index contributed by atoms with van der Waals surface area (Å²) in [5, 5.41) is 11.5. The van der Waals surface area contributed by atoms with Crippen LogP contribution in [0.15, 0.2) is 17.2 Å². The molecule has 2 rings (SSSR count). The van der Waals surface area contributed by atoms with E-state index in [1.54, 1.807) is 7.05 Å². The molecule has 1 unspecified atom stereocenters. The number of aryl methyl sites for hydroxylation is 1. The Hall–Kier alpha value is -1.52. The van der Waals surface area contributed by atoms with Crippen molar-refractivity contribution in [3.63, 3.8) is 0 Å². The fourth-order valence-corrected chi connectivity index (χ4v) is 5.23. The highest BCUT2D eigenvalue weighted by molar-refractivity contribution is 8.00. The predicted octanol–water partition coefficient (Wildman–Crippen LogP) is -0.467. The van der Waals surface area contributed by atoms with E-state index in [1.165, 1.54) is 35.6 Å². The van der Waals surface area contributed by atoms with Crippen LogP contribution in [0.4, 0.5) is 0 Å². The monoisotopic (exact) mass is 333 g/mol. The van der Waals surface area contributed by atoms with Gasteiger partial charge in [0, 0.05) is 26.0 Å². The second-order valence-electron chi connectivity index (χ2n) is 4.50. The van der Waals surface area contributed by atoms with E-state index in [-0.39, 0.29) is 22.2 Å². The van der Waals surface area contributed by atoms with Crippen LogP contribution in [0.1, 0.15) is 10.5 Å². The molecular weight excluding hydrogens is 318 g/mol. The fraction of sp³-hybridized carbons (Fsp3) is 0.455. The summed E-state index contributed by atoms with van der Waals surface area (Å²) in [5.41, 5.74) is 0.190. The third kappa shape index (κ3) is 2.78. The SMILES string of the molecule is CNC(=O)c1cc(S(=O)(=O)N2CSCC2C(=O)O)cn1C. The number of aliphatic carboxylic acids is 1. The van der Waals surface area contributed by atoms with Crippen LogP contribution < -0.4 is 5.32 Å². The topological polar surface area (TPSA) is 109 Å². The second-order valence-corrected chi connectivity index (χ2v) is 7.39. The normalized spacial score (nSPS) is 19.6. The average Bonchev–Trinajstić information content (AvgIpc) is 3.04. The van der Waals surface area contributed by atoms with Crippen LogP contribution in [0.5, 0.6) is 0 Å². The molecule has 10 heteroatoms. The molecule has 1 aromatic rings. The van der Waals surface area contributed by atoms with E-state index in [1.807, 2.05) is 0 Å². The van der Waals surface area contributed by atoms with Crippen molar-refractivity contribution in [2.24, 2.45) is 7.05 Å². The predicted molar refractivity (Wildman–Crippen MR) is 76.6 cm³/mol. The lowest BCUT2D eigenvalue weighted by molar-refractivity contribution is -0.140. The Kier molecular flexibility index (Phi) is 4.30. The molecule has 1 aliphatic rings. The number of carbonyl (C=O) groups is 2. The van der Waals surface area contributed by atoms with Gasteiger partial charge >= 0.3 is 5.97 Å². The molecule has 0 spiro atoms. The van der Waals surface area contributed by atoms with E-state index in [0.717, 1.165) is 4.31 Å². The first-order valence-electron chi connectivity index (χ1n) is 6.00. The van der Waals surface area contributed by atoms with Crippen LogP contribution in [0, 0.1) is 0 Å². The van der Waals surface area contributed by atoms with Gasteiger partial charge in [-0.05, 0) is 6.07 Å².